The van der Waals surface area contributed by atoms with Gasteiger partial charge in [-0.25, -0.2) is 9.97 Å². The molecular formula is C17H14N4OS. The van der Waals surface area contributed by atoms with Crippen LogP contribution in [-0.2, 0) is 6.54 Å². The molecule has 0 amide bonds. The van der Waals surface area contributed by atoms with Gasteiger partial charge in [-0.2, -0.15) is 0 Å². The second kappa shape index (κ2) is 5.81. The number of pyridine rings is 1. The van der Waals surface area contributed by atoms with Crippen LogP contribution < -0.4 is 5.32 Å². The van der Waals surface area contributed by atoms with E-state index < -0.39 is 0 Å². The van der Waals surface area contributed by atoms with Gasteiger partial charge in [-0.15, -0.1) is 11.3 Å². The molecule has 0 unspecified atom stereocenters. The molecule has 114 valence electrons. The van der Waals surface area contributed by atoms with E-state index in [4.69, 9.17) is 4.42 Å². The van der Waals surface area contributed by atoms with Crippen LogP contribution in [0, 0.1) is 6.92 Å². The monoisotopic (exact) mass is 322 g/mol. The Hall–Kier alpha value is -2.73. The third kappa shape index (κ3) is 2.93. The molecule has 0 aliphatic rings. The molecule has 0 spiro atoms. The van der Waals surface area contributed by atoms with E-state index in [-0.39, 0.29) is 0 Å². The van der Waals surface area contributed by atoms with Crippen molar-refractivity contribution in [1.82, 2.24) is 15.0 Å². The summed E-state index contributed by atoms with van der Waals surface area (Å²) in [5.74, 6) is 0.677. The lowest BCUT2D eigenvalue weighted by Gasteiger charge is -2.03. The molecule has 4 rings (SSSR count). The lowest BCUT2D eigenvalue weighted by molar-refractivity contribution is 0.561. The van der Waals surface area contributed by atoms with E-state index in [1.807, 2.05) is 48.7 Å². The molecule has 23 heavy (non-hydrogen) atoms. The SMILES string of the molecule is Cc1nc2ccc(NCc3csc(-c4ccccn4)n3)cc2o1. The van der Waals surface area contributed by atoms with E-state index >= 15 is 0 Å². The normalized spacial score (nSPS) is 11.0. The Balaban J connectivity index is 1.49. The number of hydrogen-bond acceptors (Lipinski definition) is 6. The predicted octanol–water partition coefficient (Wildman–Crippen LogP) is 4.27. The molecule has 3 aromatic heterocycles. The van der Waals surface area contributed by atoms with Crippen molar-refractivity contribution < 1.29 is 4.42 Å². The summed E-state index contributed by atoms with van der Waals surface area (Å²) in [6, 6.07) is 11.7. The number of aromatic nitrogens is 3. The van der Waals surface area contributed by atoms with Crippen molar-refractivity contribution >= 4 is 28.1 Å². The van der Waals surface area contributed by atoms with Gasteiger partial charge >= 0.3 is 0 Å². The Kier molecular flexibility index (Phi) is 3.51. The number of aryl methyl sites for hydroxylation is 1. The average molecular weight is 322 g/mol. The van der Waals surface area contributed by atoms with E-state index in [1.165, 1.54) is 0 Å². The minimum atomic E-state index is 0.655. The zero-order valence-corrected chi connectivity index (χ0v) is 13.3. The highest BCUT2D eigenvalue weighted by Crippen LogP contribution is 2.23. The topological polar surface area (TPSA) is 63.8 Å². The molecule has 5 nitrogen and oxygen atoms in total. The van der Waals surface area contributed by atoms with Crippen LogP contribution in [-0.4, -0.2) is 15.0 Å². The van der Waals surface area contributed by atoms with E-state index in [9.17, 15) is 0 Å². The van der Waals surface area contributed by atoms with Gasteiger partial charge in [0, 0.05) is 30.3 Å². The van der Waals surface area contributed by atoms with Gasteiger partial charge in [0.1, 0.15) is 10.5 Å². The fourth-order valence-electron chi connectivity index (χ4n) is 2.34. The lowest BCUT2D eigenvalue weighted by Crippen LogP contribution is -1.99. The maximum Gasteiger partial charge on any atom is 0.192 e. The number of hydrogen-bond donors (Lipinski definition) is 1. The molecule has 0 saturated heterocycles. The third-order valence-electron chi connectivity index (χ3n) is 3.40. The van der Waals surface area contributed by atoms with Crippen LogP contribution >= 0.6 is 11.3 Å². The van der Waals surface area contributed by atoms with Crippen LogP contribution in [0.3, 0.4) is 0 Å². The van der Waals surface area contributed by atoms with Crippen molar-refractivity contribution in [2.75, 3.05) is 5.32 Å². The smallest absolute Gasteiger partial charge is 0.192 e. The van der Waals surface area contributed by atoms with Gasteiger partial charge in [0.25, 0.3) is 0 Å². The van der Waals surface area contributed by atoms with E-state index in [1.54, 1.807) is 17.5 Å². The predicted molar refractivity (Wildman–Crippen MR) is 91.4 cm³/mol. The van der Waals surface area contributed by atoms with Crippen LogP contribution in [0.2, 0.25) is 0 Å². The second-order valence-electron chi connectivity index (χ2n) is 5.13. The fourth-order valence-corrected chi connectivity index (χ4v) is 3.13. The fraction of sp³-hybridized carbons (Fsp3) is 0.118. The zero-order valence-electron chi connectivity index (χ0n) is 12.5. The standard InChI is InChI=1S/C17H14N4OS/c1-11-20-14-6-5-12(8-16(14)22-11)19-9-13-10-23-17(21-13)15-4-2-3-7-18-15/h2-8,10,19H,9H2,1H3. The van der Waals surface area contributed by atoms with Gasteiger partial charge < -0.3 is 9.73 Å². The number of benzene rings is 1. The number of fused-ring (bicyclic) bond motifs is 1. The second-order valence-corrected chi connectivity index (χ2v) is 5.99. The molecule has 0 atom stereocenters. The molecule has 4 aromatic rings. The van der Waals surface area contributed by atoms with E-state index in [2.05, 4.69) is 20.3 Å². The first kappa shape index (κ1) is 13.9. The van der Waals surface area contributed by atoms with Crippen molar-refractivity contribution in [2.24, 2.45) is 0 Å². The third-order valence-corrected chi connectivity index (χ3v) is 4.32. The summed E-state index contributed by atoms with van der Waals surface area (Å²) in [6.07, 6.45) is 1.78. The van der Waals surface area contributed by atoms with Gasteiger partial charge in [0.15, 0.2) is 11.5 Å². The molecule has 0 bridgehead atoms. The van der Waals surface area contributed by atoms with Crippen LogP contribution in [0.15, 0.2) is 52.4 Å². The van der Waals surface area contributed by atoms with Crippen molar-refractivity contribution in [3.8, 4) is 10.7 Å². The molecule has 0 aliphatic heterocycles. The number of nitrogens with zero attached hydrogens (tertiary/aromatic N) is 3. The maximum atomic E-state index is 5.55. The molecule has 1 N–H and O–H groups in total. The van der Waals surface area contributed by atoms with E-state index in [0.717, 1.165) is 33.2 Å². The minimum Gasteiger partial charge on any atom is -0.441 e. The number of anilines is 1. The first-order chi connectivity index (χ1) is 11.3. The first-order valence-electron chi connectivity index (χ1n) is 7.25. The molecule has 0 saturated carbocycles. The Labute approximate surface area is 137 Å². The van der Waals surface area contributed by atoms with Crippen molar-refractivity contribution in [2.45, 2.75) is 13.5 Å². The number of rotatable bonds is 4. The molecule has 1 aromatic carbocycles. The molecule has 0 radical (unpaired) electrons. The largest absolute Gasteiger partial charge is 0.441 e. The van der Waals surface area contributed by atoms with Crippen molar-refractivity contribution in [3.63, 3.8) is 0 Å². The molecule has 0 aliphatic carbocycles. The summed E-state index contributed by atoms with van der Waals surface area (Å²) >= 11 is 1.60. The van der Waals surface area contributed by atoms with Crippen LogP contribution in [0.5, 0.6) is 0 Å². The Morgan fingerprint density at radius 1 is 1.17 bits per heavy atom. The Morgan fingerprint density at radius 3 is 3.00 bits per heavy atom. The minimum absolute atomic E-state index is 0.655. The van der Waals surface area contributed by atoms with Gasteiger partial charge in [-0.1, -0.05) is 6.07 Å². The van der Waals surface area contributed by atoms with Crippen LogP contribution in [0.4, 0.5) is 5.69 Å². The summed E-state index contributed by atoms with van der Waals surface area (Å²) in [6.45, 7) is 2.50. The molecule has 6 heteroatoms. The average Bonchev–Trinajstić information content (AvgIpc) is 3.18. The molecule has 0 fully saturated rings. The molecule has 3 heterocycles. The van der Waals surface area contributed by atoms with E-state index in [0.29, 0.717) is 12.4 Å². The number of nitrogens with one attached hydrogen (secondary N) is 1. The highest BCUT2D eigenvalue weighted by Gasteiger charge is 2.06. The summed E-state index contributed by atoms with van der Waals surface area (Å²) in [5, 5.41) is 6.35. The summed E-state index contributed by atoms with van der Waals surface area (Å²) in [7, 11) is 0. The Morgan fingerprint density at radius 2 is 2.13 bits per heavy atom. The van der Waals surface area contributed by atoms with Gasteiger partial charge in [0.05, 0.1) is 17.9 Å². The van der Waals surface area contributed by atoms with Gasteiger partial charge in [0.2, 0.25) is 0 Å². The van der Waals surface area contributed by atoms with Crippen LogP contribution in [0.1, 0.15) is 11.6 Å². The van der Waals surface area contributed by atoms with Crippen molar-refractivity contribution in [1.29, 1.82) is 0 Å². The number of thiazole rings is 1. The quantitative estimate of drug-likeness (QED) is 0.608. The van der Waals surface area contributed by atoms with Gasteiger partial charge in [-0.05, 0) is 24.3 Å². The Bertz CT molecular complexity index is 946. The van der Waals surface area contributed by atoms with Gasteiger partial charge in [-0.3, -0.25) is 4.98 Å². The van der Waals surface area contributed by atoms with Crippen molar-refractivity contribution in [3.05, 3.63) is 59.6 Å². The summed E-state index contributed by atoms with van der Waals surface area (Å²) in [5.41, 5.74) is 4.55. The molecular weight excluding hydrogens is 308 g/mol. The lowest BCUT2D eigenvalue weighted by atomic mass is 10.3. The summed E-state index contributed by atoms with van der Waals surface area (Å²) in [4.78, 5) is 13.2. The number of oxazole rings is 1. The first-order valence-corrected chi connectivity index (χ1v) is 8.13. The maximum absolute atomic E-state index is 5.55. The summed E-state index contributed by atoms with van der Waals surface area (Å²) < 4.78 is 5.55. The zero-order chi connectivity index (χ0) is 15.6. The highest BCUT2D eigenvalue weighted by atomic mass is 32.1. The van der Waals surface area contributed by atoms with Crippen LogP contribution in [0.25, 0.3) is 21.8 Å². The highest BCUT2D eigenvalue weighted by molar-refractivity contribution is 7.13.